The van der Waals surface area contributed by atoms with Crippen LogP contribution >= 0.6 is 22.9 Å². The molecule has 3 nitrogen and oxygen atoms in total. The van der Waals surface area contributed by atoms with Gasteiger partial charge >= 0.3 is 0 Å². The Hall–Kier alpha value is -2.43. The van der Waals surface area contributed by atoms with Crippen molar-refractivity contribution in [2.75, 3.05) is 0 Å². The van der Waals surface area contributed by atoms with E-state index in [4.69, 9.17) is 11.6 Å². The van der Waals surface area contributed by atoms with E-state index in [-0.39, 0.29) is 5.56 Å². The lowest BCUT2D eigenvalue weighted by atomic mass is 10.1. The topological polar surface area (TPSA) is 45.8 Å². The summed E-state index contributed by atoms with van der Waals surface area (Å²) in [6, 6.07) is 15.4. The highest BCUT2D eigenvalue weighted by Gasteiger charge is 2.13. The van der Waals surface area contributed by atoms with Crippen LogP contribution in [0.3, 0.4) is 0 Å². The molecule has 0 saturated heterocycles. The van der Waals surface area contributed by atoms with Crippen LogP contribution in [0.1, 0.15) is 5.56 Å². The number of nitrogens with zero attached hydrogens (tertiary/aromatic N) is 1. The Morgan fingerprint density at radius 3 is 2.38 bits per heavy atom. The number of nitrogens with one attached hydrogen (secondary N) is 1. The van der Waals surface area contributed by atoms with Crippen LogP contribution in [-0.4, -0.2) is 9.97 Å². The van der Waals surface area contributed by atoms with E-state index in [1.807, 2.05) is 60.8 Å². The summed E-state index contributed by atoms with van der Waals surface area (Å²) in [5.74, 6) is 0.594. The number of fused-ring (bicyclic) bond motifs is 1. The van der Waals surface area contributed by atoms with Crippen LogP contribution in [0.2, 0.25) is 5.02 Å². The molecule has 0 fully saturated rings. The molecule has 118 valence electrons. The molecule has 2 aromatic heterocycles. The van der Waals surface area contributed by atoms with Gasteiger partial charge in [0.25, 0.3) is 5.56 Å². The summed E-state index contributed by atoms with van der Waals surface area (Å²) in [6.07, 6.45) is 0. The van der Waals surface area contributed by atoms with E-state index in [1.165, 1.54) is 16.9 Å². The molecular formula is C19H13ClN2OS. The Morgan fingerprint density at radius 1 is 1.00 bits per heavy atom. The quantitative estimate of drug-likeness (QED) is 0.533. The van der Waals surface area contributed by atoms with Gasteiger partial charge in [-0.15, -0.1) is 11.3 Å². The molecule has 0 aliphatic carbocycles. The number of thiophene rings is 1. The van der Waals surface area contributed by atoms with Crippen LogP contribution in [-0.2, 0) is 0 Å². The van der Waals surface area contributed by atoms with E-state index >= 15 is 0 Å². The average molecular weight is 353 g/mol. The van der Waals surface area contributed by atoms with E-state index in [0.29, 0.717) is 16.2 Å². The van der Waals surface area contributed by atoms with E-state index in [9.17, 15) is 4.79 Å². The number of hydrogen-bond donors (Lipinski definition) is 1. The third-order valence-electron chi connectivity index (χ3n) is 3.92. The number of H-pyrrole nitrogens is 1. The van der Waals surface area contributed by atoms with Crippen molar-refractivity contribution in [3.63, 3.8) is 0 Å². The van der Waals surface area contributed by atoms with Crippen molar-refractivity contribution in [1.29, 1.82) is 0 Å². The van der Waals surface area contributed by atoms with Gasteiger partial charge < -0.3 is 4.98 Å². The van der Waals surface area contributed by atoms with E-state index < -0.39 is 0 Å². The summed E-state index contributed by atoms with van der Waals surface area (Å²) in [5, 5.41) is 3.26. The maximum atomic E-state index is 12.6. The summed E-state index contributed by atoms with van der Waals surface area (Å²) in [5.41, 5.74) is 3.79. The van der Waals surface area contributed by atoms with Crippen molar-refractivity contribution < 1.29 is 0 Å². The van der Waals surface area contributed by atoms with Gasteiger partial charge in [-0.05, 0) is 24.6 Å². The Bertz CT molecular complexity index is 1080. The van der Waals surface area contributed by atoms with E-state index in [1.54, 1.807) is 0 Å². The maximum Gasteiger partial charge on any atom is 0.260 e. The molecule has 0 unspecified atom stereocenters. The van der Waals surface area contributed by atoms with E-state index in [2.05, 4.69) is 9.97 Å². The van der Waals surface area contributed by atoms with Gasteiger partial charge in [0.2, 0.25) is 0 Å². The maximum absolute atomic E-state index is 12.6. The number of aryl methyl sites for hydroxylation is 1. The van der Waals surface area contributed by atoms with Gasteiger partial charge in [-0.25, -0.2) is 4.98 Å². The highest BCUT2D eigenvalue weighted by Crippen LogP contribution is 2.32. The second kappa shape index (κ2) is 5.89. The van der Waals surface area contributed by atoms with Crippen LogP contribution in [0, 0.1) is 6.92 Å². The van der Waals surface area contributed by atoms with Gasteiger partial charge in [0.05, 0.1) is 5.39 Å². The highest BCUT2D eigenvalue weighted by atomic mass is 35.5. The molecule has 0 aliphatic heterocycles. The zero-order chi connectivity index (χ0) is 16.7. The van der Waals surface area contributed by atoms with Crippen molar-refractivity contribution in [2.24, 2.45) is 0 Å². The first kappa shape index (κ1) is 15.1. The molecule has 0 bridgehead atoms. The van der Waals surface area contributed by atoms with Crippen molar-refractivity contribution in [3.8, 4) is 22.5 Å². The van der Waals surface area contributed by atoms with Crippen molar-refractivity contribution in [1.82, 2.24) is 9.97 Å². The Balaban J connectivity index is 1.88. The van der Waals surface area contributed by atoms with Gasteiger partial charge in [0.15, 0.2) is 0 Å². The van der Waals surface area contributed by atoms with Gasteiger partial charge in [-0.2, -0.15) is 0 Å². The van der Waals surface area contributed by atoms with Gasteiger partial charge in [0, 0.05) is 21.5 Å². The molecular weight excluding hydrogens is 340 g/mol. The fourth-order valence-electron chi connectivity index (χ4n) is 2.64. The minimum absolute atomic E-state index is 0.123. The SMILES string of the molecule is Cc1ccc(-c2nc3scc(-c4ccc(Cl)cc4)c3c(=O)[nH]2)cc1. The van der Waals surface area contributed by atoms with Crippen LogP contribution in [0.5, 0.6) is 0 Å². The first-order valence-electron chi connectivity index (χ1n) is 7.46. The van der Waals surface area contributed by atoms with Crippen LogP contribution in [0.25, 0.3) is 32.7 Å². The average Bonchev–Trinajstić information content (AvgIpc) is 3.01. The predicted octanol–water partition coefficient (Wildman–Crippen LogP) is 5.28. The Morgan fingerprint density at radius 2 is 1.67 bits per heavy atom. The fraction of sp³-hybridized carbons (Fsp3) is 0.0526. The number of halogens is 1. The van der Waals surface area contributed by atoms with E-state index in [0.717, 1.165) is 21.5 Å². The molecule has 0 atom stereocenters. The molecule has 24 heavy (non-hydrogen) atoms. The summed E-state index contributed by atoms with van der Waals surface area (Å²) in [4.78, 5) is 20.9. The standard InChI is InChI=1S/C19H13ClN2OS/c1-11-2-4-13(5-3-11)17-21-18(23)16-15(10-24-19(16)22-17)12-6-8-14(20)9-7-12/h2-10H,1H3,(H,21,22,23). The number of aromatic nitrogens is 2. The van der Waals surface area contributed by atoms with Gasteiger partial charge in [-0.3, -0.25) is 4.79 Å². The van der Waals surface area contributed by atoms with Crippen molar-refractivity contribution in [3.05, 3.63) is 74.9 Å². The fourth-order valence-corrected chi connectivity index (χ4v) is 3.71. The molecule has 2 aromatic carbocycles. The summed E-state index contributed by atoms with van der Waals surface area (Å²) in [6.45, 7) is 2.03. The van der Waals surface area contributed by atoms with Gasteiger partial charge in [-0.1, -0.05) is 53.6 Å². The lowest BCUT2D eigenvalue weighted by Crippen LogP contribution is -2.09. The van der Waals surface area contributed by atoms with Crippen molar-refractivity contribution in [2.45, 2.75) is 6.92 Å². The zero-order valence-corrected chi connectivity index (χ0v) is 14.4. The molecule has 0 aliphatic rings. The number of aromatic amines is 1. The third kappa shape index (κ3) is 2.64. The second-order valence-corrected chi connectivity index (χ2v) is 6.91. The monoisotopic (exact) mass is 352 g/mol. The normalized spacial score (nSPS) is 11.1. The highest BCUT2D eigenvalue weighted by molar-refractivity contribution is 7.17. The van der Waals surface area contributed by atoms with Crippen molar-refractivity contribution >= 4 is 33.2 Å². The molecule has 0 spiro atoms. The minimum atomic E-state index is -0.123. The molecule has 0 radical (unpaired) electrons. The number of hydrogen-bond acceptors (Lipinski definition) is 3. The molecule has 0 amide bonds. The van der Waals surface area contributed by atoms with Crippen LogP contribution < -0.4 is 5.56 Å². The summed E-state index contributed by atoms with van der Waals surface area (Å²) >= 11 is 7.42. The predicted molar refractivity (Wildman–Crippen MR) is 101 cm³/mol. The first-order valence-corrected chi connectivity index (χ1v) is 8.72. The summed E-state index contributed by atoms with van der Waals surface area (Å²) < 4.78 is 0. The largest absolute Gasteiger partial charge is 0.306 e. The smallest absolute Gasteiger partial charge is 0.260 e. The lowest BCUT2D eigenvalue weighted by Gasteiger charge is -2.03. The Labute approximate surface area is 147 Å². The Kier molecular flexibility index (Phi) is 3.71. The molecule has 0 saturated carbocycles. The minimum Gasteiger partial charge on any atom is -0.306 e. The molecule has 2 heterocycles. The molecule has 1 N–H and O–H groups in total. The second-order valence-electron chi connectivity index (χ2n) is 5.62. The molecule has 4 rings (SSSR count). The lowest BCUT2D eigenvalue weighted by molar-refractivity contribution is 1.19. The van der Waals surface area contributed by atoms with Gasteiger partial charge in [0.1, 0.15) is 10.7 Å². The van der Waals surface area contributed by atoms with Crippen LogP contribution in [0.15, 0.2) is 58.7 Å². The third-order valence-corrected chi connectivity index (χ3v) is 5.05. The first-order chi connectivity index (χ1) is 11.6. The molecule has 4 aromatic rings. The number of rotatable bonds is 2. The summed E-state index contributed by atoms with van der Waals surface area (Å²) in [7, 11) is 0. The molecule has 5 heteroatoms. The van der Waals surface area contributed by atoms with Crippen LogP contribution in [0.4, 0.5) is 0 Å². The number of benzene rings is 2. The zero-order valence-electron chi connectivity index (χ0n) is 12.8.